The van der Waals surface area contributed by atoms with Crippen molar-refractivity contribution in [3.05, 3.63) is 0 Å². The molecular weight excluding hydrogens is 210 g/mol. The van der Waals surface area contributed by atoms with Crippen LogP contribution in [0.1, 0.15) is 45.4 Å². The third-order valence-electron chi connectivity index (χ3n) is 5.46. The van der Waals surface area contributed by atoms with Gasteiger partial charge in [-0.1, -0.05) is 6.92 Å². The number of nitriles is 1. The third kappa shape index (κ3) is 1.71. The van der Waals surface area contributed by atoms with Gasteiger partial charge in [0.25, 0.3) is 0 Å². The van der Waals surface area contributed by atoms with E-state index in [1.54, 1.807) is 0 Å². The standard InChI is InChI=1S/C15H21NO/c1-2-11(8-16)15(17)14-12-4-9-3-10(6-12)7-13(14)5-9/h9-14H,2-7H2,1H3. The highest BCUT2D eigenvalue weighted by Crippen LogP contribution is 2.57. The number of Topliss-reactive ketones (excluding diaryl/α,β-unsaturated/α-hetero) is 1. The summed E-state index contributed by atoms with van der Waals surface area (Å²) in [5.41, 5.74) is 0. The highest BCUT2D eigenvalue weighted by molar-refractivity contribution is 5.86. The molecule has 4 bridgehead atoms. The van der Waals surface area contributed by atoms with E-state index in [1.807, 2.05) is 6.92 Å². The maximum Gasteiger partial charge on any atom is 0.153 e. The Hall–Kier alpha value is -0.840. The fourth-order valence-corrected chi connectivity index (χ4v) is 4.98. The van der Waals surface area contributed by atoms with Crippen LogP contribution in [0.25, 0.3) is 0 Å². The van der Waals surface area contributed by atoms with Gasteiger partial charge in [-0.15, -0.1) is 0 Å². The molecule has 2 heteroatoms. The number of hydrogen-bond donors (Lipinski definition) is 0. The normalized spacial score (nSPS) is 44.4. The molecule has 4 aliphatic rings. The average Bonchev–Trinajstić information content (AvgIpc) is 2.29. The maximum absolute atomic E-state index is 12.5. The minimum Gasteiger partial charge on any atom is -0.298 e. The van der Waals surface area contributed by atoms with Crippen LogP contribution in [0, 0.1) is 46.8 Å². The molecule has 0 aromatic carbocycles. The van der Waals surface area contributed by atoms with E-state index in [2.05, 4.69) is 6.07 Å². The molecule has 0 saturated heterocycles. The van der Waals surface area contributed by atoms with E-state index in [4.69, 9.17) is 5.26 Å². The Morgan fingerprint density at radius 2 is 1.71 bits per heavy atom. The molecule has 0 amide bonds. The van der Waals surface area contributed by atoms with Gasteiger partial charge in [0.2, 0.25) is 0 Å². The van der Waals surface area contributed by atoms with Crippen LogP contribution in [0.5, 0.6) is 0 Å². The first kappa shape index (κ1) is 11.3. The summed E-state index contributed by atoms with van der Waals surface area (Å²) in [5, 5.41) is 9.08. The first-order valence-electron chi connectivity index (χ1n) is 7.16. The summed E-state index contributed by atoms with van der Waals surface area (Å²) in [6.07, 6.45) is 7.19. The minimum absolute atomic E-state index is 0.243. The van der Waals surface area contributed by atoms with Crippen LogP contribution in [-0.4, -0.2) is 5.78 Å². The molecule has 2 nitrogen and oxygen atoms in total. The van der Waals surface area contributed by atoms with Gasteiger partial charge in [0, 0.05) is 5.92 Å². The molecule has 4 fully saturated rings. The van der Waals surface area contributed by atoms with Crippen LogP contribution < -0.4 is 0 Å². The molecule has 17 heavy (non-hydrogen) atoms. The molecule has 1 unspecified atom stereocenters. The zero-order valence-electron chi connectivity index (χ0n) is 10.6. The number of carbonyl (C=O) groups excluding carboxylic acids is 1. The van der Waals surface area contributed by atoms with Gasteiger partial charge >= 0.3 is 0 Å². The summed E-state index contributed by atoms with van der Waals surface area (Å²) < 4.78 is 0. The van der Waals surface area contributed by atoms with Crippen molar-refractivity contribution in [2.45, 2.75) is 45.4 Å². The Kier molecular flexibility index (Phi) is 2.73. The van der Waals surface area contributed by atoms with E-state index in [0.717, 1.165) is 11.8 Å². The molecular formula is C15H21NO. The van der Waals surface area contributed by atoms with Gasteiger partial charge in [-0.2, -0.15) is 5.26 Å². The maximum atomic E-state index is 12.5. The Labute approximate surface area is 103 Å². The molecule has 4 rings (SSSR count). The summed E-state index contributed by atoms with van der Waals surface area (Å²) in [6, 6.07) is 2.21. The van der Waals surface area contributed by atoms with Crippen LogP contribution in [0.4, 0.5) is 0 Å². The second kappa shape index (κ2) is 4.12. The number of ketones is 1. The summed E-state index contributed by atoms with van der Waals surface area (Å²) in [7, 11) is 0. The van der Waals surface area contributed by atoms with E-state index < -0.39 is 0 Å². The predicted molar refractivity (Wildman–Crippen MR) is 64.9 cm³/mol. The number of carbonyl (C=O) groups is 1. The first-order valence-corrected chi connectivity index (χ1v) is 7.16. The Morgan fingerprint density at radius 1 is 1.18 bits per heavy atom. The Morgan fingerprint density at radius 3 is 2.12 bits per heavy atom. The van der Waals surface area contributed by atoms with E-state index in [-0.39, 0.29) is 17.6 Å². The van der Waals surface area contributed by atoms with Crippen LogP contribution >= 0.6 is 0 Å². The van der Waals surface area contributed by atoms with E-state index in [0.29, 0.717) is 18.3 Å². The highest BCUT2D eigenvalue weighted by atomic mass is 16.1. The van der Waals surface area contributed by atoms with Gasteiger partial charge in [0.05, 0.1) is 6.07 Å². The van der Waals surface area contributed by atoms with Crippen LogP contribution in [0.15, 0.2) is 0 Å². The molecule has 0 spiro atoms. The molecule has 0 aromatic rings. The monoisotopic (exact) mass is 231 g/mol. The van der Waals surface area contributed by atoms with Crippen molar-refractivity contribution in [3.63, 3.8) is 0 Å². The largest absolute Gasteiger partial charge is 0.298 e. The lowest BCUT2D eigenvalue weighted by molar-refractivity contribution is -0.138. The SMILES string of the molecule is CCC(C#N)C(=O)C1C2CC3CC(C2)CC1C3. The number of hydrogen-bond acceptors (Lipinski definition) is 2. The smallest absolute Gasteiger partial charge is 0.153 e. The second-order valence-corrected chi connectivity index (χ2v) is 6.45. The van der Waals surface area contributed by atoms with Crippen molar-refractivity contribution >= 4 is 5.78 Å². The topological polar surface area (TPSA) is 40.9 Å². The number of rotatable bonds is 3. The molecule has 0 aromatic heterocycles. The van der Waals surface area contributed by atoms with Gasteiger partial charge in [-0.3, -0.25) is 4.79 Å². The van der Waals surface area contributed by atoms with Gasteiger partial charge in [-0.05, 0) is 62.2 Å². The first-order chi connectivity index (χ1) is 8.22. The van der Waals surface area contributed by atoms with Crippen LogP contribution in [0.3, 0.4) is 0 Å². The highest BCUT2D eigenvalue weighted by Gasteiger charge is 2.51. The Balaban J connectivity index is 1.80. The average molecular weight is 231 g/mol. The lowest BCUT2D eigenvalue weighted by atomic mass is 9.50. The van der Waals surface area contributed by atoms with Crippen molar-refractivity contribution in [1.82, 2.24) is 0 Å². The summed E-state index contributed by atoms with van der Waals surface area (Å²) >= 11 is 0. The zero-order chi connectivity index (χ0) is 12.0. The second-order valence-electron chi connectivity index (χ2n) is 6.45. The molecule has 4 saturated carbocycles. The predicted octanol–water partition coefficient (Wildman–Crippen LogP) is 3.18. The van der Waals surface area contributed by atoms with E-state index >= 15 is 0 Å². The minimum atomic E-state index is -0.336. The van der Waals surface area contributed by atoms with Crippen LogP contribution in [-0.2, 0) is 4.79 Å². The van der Waals surface area contributed by atoms with Crippen molar-refractivity contribution in [3.8, 4) is 6.07 Å². The Bertz CT molecular complexity index is 340. The molecule has 0 aliphatic heterocycles. The third-order valence-corrected chi connectivity index (χ3v) is 5.46. The van der Waals surface area contributed by atoms with Gasteiger partial charge in [0.1, 0.15) is 5.92 Å². The van der Waals surface area contributed by atoms with Crippen molar-refractivity contribution in [2.24, 2.45) is 35.5 Å². The fraction of sp³-hybridized carbons (Fsp3) is 0.867. The number of nitrogens with zero attached hydrogens (tertiary/aromatic N) is 1. The van der Waals surface area contributed by atoms with Gasteiger partial charge in [-0.25, -0.2) is 0 Å². The molecule has 0 heterocycles. The zero-order valence-corrected chi connectivity index (χ0v) is 10.6. The molecule has 0 radical (unpaired) electrons. The van der Waals surface area contributed by atoms with Crippen LogP contribution in [0.2, 0.25) is 0 Å². The van der Waals surface area contributed by atoms with E-state index in [9.17, 15) is 4.79 Å². The van der Waals surface area contributed by atoms with Crippen molar-refractivity contribution in [2.75, 3.05) is 0 Å². The molecule has 92 valence electrons. The summed E-state index contributed by atoms with van der Waals surface area (Å²) in [5.74, 6) is 3.25. The fourth-order valence-electron chi connectivity index (χ4n) is 4.98. The summed E-state index contributed by atoms with van der Waals surface area (Å²) in [6.45, 7) is 1.96. The lowest BCUT2D eigenvalue weighted by Crippen LogP contribution is -2.49. The van der Waals surface area contributed by atoms with Crippen molar-refractivity contribution in [1.29, 1.82) is 5.26 Å². The summed E-state index contributed by atoms with van der Waals surface area (Å²) in [4.78, 5) is 12.5. The molecule has 1 atom stereocenters. The van der Waals surface area contributed by atoms with E-state index in [1.165, 1.54) is 32.1 Å². The molecule has 0 N–H and O–H groups in total. The lowest BCUT2D eigenvalue weighted by Gasteiger charge is -2.54. The van der Waals surface area contributed by atoms with Crippen molar-refractivity contribution < 1.29 is 4.79 Å². The quantitative estimate of drug-likeness (QED) is 0.748. The van der Waals surface area contributed by atoms with Gasteiger partial charge < -0.3 is 0 Å². The van der Waals surface area contributed by atoms with Gasteiger partial charge in [0.15, 0.2) is 5.78 Å². The molecule has 4 aliphatic carbocycles.